The molecule has 12 heteroatoms. The predicted molar refractivity (Wildman–Crippen MR) is 126 cm³/mol. The van der Waals surface area contributed by atoms with Gasteiger partial charge in [-0.05, 0) is 50.6 Å². The van der Waals surface area contributed by atoms with E-state index in [-0.39, 0.29) is 17.5 Å². The van der Waals surface area contributed by atoms with Crippen LogP contribution in [-0.2, 0) is 10.0 Å². The SMILES string of the molecule is Cc1cnc([C@@H](C)[C@H](C)S(=O)(=O)Nc2nnc(-c3cccc(C)n3)n2-c2c(F)cccc2F)nc1. The number of aryl methyl sites for hydroxylation is 2. The van der Waals surface area contributed by atoms with E-state index >= 15 is 0 Å². The number of halogens is 2. The zero-order valence-corrected chi connectivity index (χ0v) is 20.3. The van der Waals surface area contributed by atoms with Crippen LogP contribution in [0.25, 0.3) is 17.2 Å². The molecule has 3 aromatic heterocycles. The highest BCUT2D eigenvalue weighted by Crippen LogP contribution is 2.30. The van der Waals surface area contributed by atoms with Gasteiger partial charge in [0.2, 0.25) is 16.0 Å². The summed E-state index contributed by atoms with van der Waals surface area (Å²) in [6.45, 7) is 6.74. The molecule has 1 aromatic carbocycles. The summed E-state index contributed by atoms with van der Waals surface area (Å²) in [6.07, 6.45) is 3.20. The number of para-hydroxylation sites is 1. The summed E-state index contributed by atoms with van der Waals surface area (Å²) in [6, 6.07) is 8.35. The monoisotopic (exact) mass is 499 g/mol. The molecule has 0 aliphatic carbocycles. The minimum absolute atomic E-state index is 0.0297. The Balaban J connectivity index is 1.79. The van der Waals surface area contributed by atoms with Crippen molar-refractivity contribution in [2.75, 3.05) is 4.72 Å². The molecule has 0 aliphatic heterocycles. The second kappa shape index (κ2) is 9.45. The van der Waals surface area contributed by atoms with Gasteiger partial charge in [-0.2, -0.15) is 0 Å². The van der Waals surface area contributed by atoms with Gasteiger partial charge in [0.1, 0.15) is 28.8 Å². The second-order valence-electron chi connectivity index (χ2n) is 8.18. The van der Waals surface area contributed by atoms with E-state index < -0.39 is 38.5 Å². The number of nitrogens with one attached hydrogen (secondary N) is 1. The van der Waals surface area contributed by atoms with Crippen LogP contribution < -0.4 is 4.72 Å². The van der Waals surface area contributed by atoms with Crippen LogP contribution in [-0.4, -0.2) is 43.4 Å². The van der Waals surface area contributed by atoms with E-state index in [1.807, 2.05) is 6.92 Å². The van der Waals surface area contributed by atoms with Crippen molar-refractivity contribution < 1.29 is 17.2 Å². The van der Waals surface area contributed by atoms with Gasteiger partial charge >= 0.3 is 0 Å². The molecular formula is C23H23F2N7O2S. The van der Waals surface area contributed by atoms with E-state index in [1.165, 1.54) is 13.0 Å². The fraction of sp³-hybridized carbons (Fsp3) is 0.261. The maximum absolute atomic E-state index is 14.8. The Kier molecular flexibility index (Phi) is 6.57. The maximum Gasteiger partial charge on any atom is 0.243 e. The molecule has 4 rings (SSSR count). The number of hydrogen-bond acceptors (Lipinski definition) is 7. The molecule has 0 amide bonds. The van der Waals surface area contributed by atoms with E-state index in [4.69, 9.17) is 0 Å². The topological polar surface area (TPSA) is 116 Å². The average Bonchev–Trinajstić information content (AvgIpc) is 3.21. The third-order valence-electron chi connectivity index (χ3n) is 5.58. The Morgan fingerprint density at radius 1 is 0.943 bits per heavy atom. The summed E-state index contributed by atoms with van der Waals surface area (Å²) < 4.78 is 59.5. The first-order valence-corrected chi connectivity index (χ1v) is 12.3. The third kappa shape index (κ3) is 4.87. The molecule has 1 N–H and O–H groups in total. The number of aromatic nitrogens is 6. The number of benzene rings is 1. The molecule has 0 saturated heterocycles. The van der Waals surface area contributed by atoms with Crippen LogP contribution in [0.2, 0.25) is 0 Å². The van der Waals surface area contributed by atoms with Crippen LogP contribution in [0.3, 0.4) is 0 Å². The molecule has 4 aromatic rings. The van der Waals surface area contributed by atoms with Crippen molar-refractivity contribution in [1.82, 2.24) is 29.7 Å². The van der Waals surface area contributed by atoms with Gasteiger partial charge in [0, 0.05) is 24.0 Å². The van der Waals surface area contributed by atoms with Crippen molar-refractivity contribution in [3.8, 4) is 17.2 Å². The molecule has 3 heterocycles. The Hall–Kier alpha value is -3.80. The minimum atomic E-state index is -4.12. The lowest BCUT2D eigenvalue weighted by molar-refractivity contribution is 0.564. The lowest BCUT2D eigenvalue weighted by atomic mass is 10.1. The lowest BCUT2D eigenvalue weighted by Crippen LogP contribution is -2.31. The number of sulfonamides is 1. The normalized spacial score (nSPS) is 13.4. The second-order valence-corrected chi connectivity index (χ2v) is 10.2. The smallest absolute Gasteiger partial charge is 0.243 e. The van der Waals surface area contributed by atoms with Crippen LogP contribution in [0.1, 0.15) is 36.8 Å². The largest absolute Gasteiger partial charge is 0.253 e. The van der Waals surface area contributed by atoms with Crippen molar-refractivity contribution in [2.45, 2.75) is 38.9 Å². The molecule has 182 valence electrons. The van der Waals surface area contributed by atoms with E-state index in [9.17, 15) is 17.2 Å². The van der Waals surface area contributed by atoms with Crippen LogP contribution >= 0.6 is 0 Å². The Bertz CT molecular complexity index is 1450. The number of anilines is 1. The molecule has 0 saturated carbocycles. The van der Waals surface area contributed by atoms with E-state index in [1.54, 1.807) is 44.4 Å². The van der Waals surface area contributed by atoms with Gasteiger partial charge in [-0.1, -0.05) is 19.1 Å². The zero-order valence-electron chi connectivity index (χ0n) is 19.4. The first-order chi connectivity index (χ1) is 16.6. The molecule has 0 unspecified atom stereocenters. The van der Waals surface area contributed by atoms with Gasteiger partial charge in [-0.3, -0.25) is 9.29 Å². The Morgan fingerprint density at radius 3 is 2.20 bits per heavy atom. The molecule has 0 aliphatic rings. The van der Waals surface area contributed by atoms with E-state index in [0.717, 1.165) is 22.3 Å². The van der Waals surface area contributed by atoms with Crippen molar-refractivity contribution >= 4 is 16.0 Å². The number of pyridine rings is 1. The van der Waals surface area contributed by atoms with Gasteiger partial charge in [-0.25, -0.2) is 32.2 Å². The fourth-order valence-corrected chi connectivity index (χ4v) is 4.67. The quantitative estimate of drug-likeness (QED) is 0.409. The summed E-state index contributed by atoms with van der Waals surface area (Å²) in [7, 11) is -4.12. The number of hydrogen-bond donors (Lipinski definition) is 1. The van der Waals surface area contributed by atoms with E-state index in [2.05, 4.69) is 29.9 Å². The number of rotatable bonds is 7. The van der Waals surface area contributed by atoms with Crippen molar-refractivity contribution in [2.24, 2.45) is 0 Å². The first-order valence-electron chi connectivity index (χ1n) is 10.7. The summed E-state index contributed by atoms with van der Waals surface area (Å²) in [5, 5.41) is 6.91. The van der Waals surface area contributed by atoms with Gasteiger partial charge in [0.15, 0.2) is 5.82 Å². The average molecular weight is 500 g/mol. The molecular weight excluding hydrogens is 476 g/mol. The van der Waals surface area contributed by atoms with Crippen molar-refractivity contribution in [3.05, 3.63) is 77.5 Å². The Morgan fingerprint density at radius 2 is 1.57 bits per heavy atom. The molecule has 0 spiro atoms. The van der Waals surface area contributed by atoms with E-state index in [0.29, 0.717) is 11.5 Å². The van der Waals surface area contributed by atoms with Crippen molar-refractivity contribution in [3.63, 3.8) is 0 Å². The van der Waals surface area contributed by atoms with Crippen LogP contribution in [0.4, 0.5) is 14.7 Å². The van der Waals surface area contributed by atoms with Crippen molar-refractivity contribution in [1.29, 1.82) is 0 Å². The summed E-state index contributed by atoms with van der Waals surface area (Å²) in [5.41, 5.74) is 1.21. The lowest BCUT2D eigenvalue weighted by Gasteiger charge is -2.20. The van der Waals surface area contributed by atoms with Gasteiger partial charge in [0.05, 0.1) is 5.25 Å². The van der Waals surface area contributed by atoms with Gasteiger partial charge in [-0.15, -0.1) is 10.2 Å². The summed E-state index contributed by atoms with van der Waals surface area (Å²) in [5.74, 6) is -2.50. The highest BCUT2D eigenvalue weighted by Gasteiger charge is 2.32. The molecule has 9 nitrogen and oxygen atoms in total. The predicted octanol–water partition coefficient (Wildman–Crippen LogP) is 3.95. The highest BCUT2D eigenvalue weighted by atomic mass is 32.2. The van der Waals surface area contributed by atoms with Gasteiger partial charge in [0.25, 0.3) is 0 Å². The fourth-order valence-electron chi connectivity index (χ4n) is 3.43. The molecule has 0 radical (unpaired) electrons. The minimum Gasteiger partial charge on any atom is -0.253 e. The Labute approximate surface area is 201 Å². The molecule has 35 heavy (non-hydrogen) atoms. The van der Waals surface area contributed by atoms with Crippen LogP contribution in [0.5, 0.6) is 0 Å². The van der Waals surface area contributed by atoms with Crippen LogP contribution in [0, 0.1) is 25.5 Å². The summed E-state index contributed by atoms with van der Waals surface area (Å²) in [4.78, 5) is 12.8. The number of nitrogens with zero attached hydrogens (tertiary/aromatic N) is 6. The molecule has 0 bridgehead atoms. The zero-order chi connectivity index (χ0) is 25.3. The first kappa shape index (κ1) is 24.3. The standard InChI is InChI=1S/C23H23F2N7O2S/c1-13-11-26-21(27-12-13)15(3)16(4)35(33,34)31-23-30-29-22(19-10-5-7-14(2)28-19)32(23)20-17(24)8-6-9-18(20)25/h5-12,15-16H,1-4H3,(H,30,31)/t15-,16-/m0/s1. The van der Waals surface area contributed by atoms with Crippen LogP contribution in [0.15, 0.2) is 48.8 Å². The third-order valence-corrected chi connectivity index (χ3v) is 7.43. The molecule has 2 atom stereocenters. The highest BCUT2D eigenvalue weighted by molar-refractivity contribution is 7.93. The molecule has 0 fully saturated rings. The summed E-state index contributed by atoms with van der Waals surface area (Å²) >= 11 is 0. The van der Waals surface area contributed by atoms with Gasteiger partial charge < -0.3 is 0 Å². The maximum atomic E-state index is 14.8.